The number of halogens is 1. The predicted molar refractivity (Wildman–Crippen MR) is 77.9 cm³/mol. The van der Waals surface area contributed by atoms with Gasteiger partial charge in [-0.15, -0.1) is 0 Å². The summed E-state index contributed by atoms with van der Waals surface area (Å²) in [6.45, 7) is 1.95. The summed E-state index contributed by atoms with van der Waals surface area (Å²) < 4.78 is 0. The molecule has 1 aromatic heterocycles. The van der Waals surface area contributed by atoms with E-state index in [9.17, 15) is 9.59 Å². The van der Waals surface area contributed by atoms with Crippen LogP contribution in [0.25, 0.3) is 0 Å². The third kappa shape index (κ3) is 2.34. The van der Waals surface area contributed by atoms with E-state index < -0.39 is 5.91 Å². The van der Waals surface area contributed by atoms with Crippen molar-refractivity contribution in [1.82, 2.24) is 15.3 Å². The second kappa shape index (κ2) is 5.14. The molecule has 0 atom stereocenters. The fourth-order valence-electron chi connectivity index (χ4n) is 2.19. The van der Waals surface area contributed by atoms with Gasteiger partial charge < -0.3 is 5.32 Å². The summed E-state index contributed by atoms with van der Waals surface area (Å²) in [5, 5.41) is 5.75. The zero-order valence-corrected chi connectivity index (χ0v) is 11.9. The smallest absolute Gasteiger partial charge is 0.259 e. The fraction of sp³-hybridized carbons (Fsp3) is 0.143. The number of nitrogens with one attached hydrogen (secondary N) is 2. The van der Waals surface area contributed by atoms with Crippen molar-refractivity contribution >= 4 is 34.9 Å². The molecule has 7 heteroatoms. The molecule has 0 spiro atoms. The van der Waals surface area contributed by atoms with Crippen molar-refractivity contribution in [2.45, 2.75) is 13.3 Å². The van der Waals surface area contributed by atoms with Crippen LogP contribution in [0.5, 0.6) is 0 Å². The Morgan fingerprint density at radius 1 is 1.19 bits per heavy atom. The minimum absolute atomic E-state index is 0.350. The fourth-order valence-corrected chi connectivity index (χ4v) is 2.46. The SMILES string of the molecule is CCc1c(Cl)ncnc1Nc1ccc2c(c1)C(=O)NC2=O. The summed E-state index contributed by atoms with van der Waals surface area (Å²) in [6.07, 6.45) is 2.04. The van der Waals surface area contributed by atoms with Crippen LogP contribution in [0.3, 0.4) is 0 Å². The number of imide groups is 1. The molecule has 106 valence electrons. The van der Waals surface area contributed by atoms with E-state index in [-0.39, 0.29) is 5.91 Å². The van der Waals surface area contributed by atoms with Crippen LogP contribution in [0, 0.1) is 0 Å². The van der Waals surface area contributed by atoms with E-state index in [1.807, 2.05) is 6.92 Å². The van der Waals surface area contributed by atoms with Crippen LogP contribution in [-0.4, -0.2) is 21.8 Å². The van der Waals surface area contributed by atoms with Crippen LogP contribution in [0.4, 0.5) is 11.5 Å². The number of fused-ring (bicyclic) bond motifs is 1. The van der Waals surface area contributed by atoms with Crippen molar-refractivity contribution in [3.05, 3.63) is 46.4 Å². The minimum Gasteiger partial charge on any atom is -0.340 e. The maximum Gasteiger partial charge on any atom is 0.259 e. The Bertz CT molecular complexity index is 761. The summed E-state index contributed by atoms with van der Waals surface area (Å²) in [4.78, 5) is 31.2. The molecular weight excluding hydrogens is 292 g/mol. The molecule has 0 bridgehead atoms. The van der Waals surface area contributed by atoms with Gasteiger partial charge in [-0.25, -0.2) is 9.97 Å². The summed E-state index contributed by atoms with van der Waals surface area (Å²) in [7, 11) is 0. The van der Waals surface area contributed by atoms with E-state index in [1.54, 1.807) is 18.2 Å². The highest BCUT2D eigenvalue weighted by molar-refractivity contribution is 6.30. The Kier molecular flexibility index (Phi) is 3.31. The third-order valence-corrected chi connectivity index (χ3v) is 3.57. The highest BCUT2D eigenvalue weighted by atomic mass is 35.5. The van der Waals surface area contributed by atoms with E-state index >= 15 is 0 Å². The predicted octanol–water partition coefficient (Wildman–Crippen LogP) is 2.32. The number of benzene rings is 1. The van der Waals surface area contributed by atoms with Gasteiger partial charge in [-0.1, -0.05) is 18.5 Å². The maximum absolute atomic E-state index is 11.7. The van der Waals surface area contributed by atoms with E-state index in [4.69, 9.17) is 11.6 Å². The van der Waals surface area contributed by atoms with Crippen molar-refractivity contribution in [3.63, 3.8) is 0 Å². The second-order valence-electron chi connectivity index (χ2n) is 4.51. The van der Waals surface area contributed by atoms with Gasteiger partial charge in [-0.2, -0.15) is 0 Å². The van der Waals surface area contributed by atoms with Gasteiger partial charge in [0, 0.05) is 11.3 Å². The molecule has 0 unspecified atom stereocenters. The van der Waals surface area contributed by atoms with Crippen LogP contribution < -0.4 is 10.6 Å². The lowest BCUT2D eigenvalue weighted by Crippen LogP contribution is -2.19. The summed E-state index contributed by atoms with van der Waals surface area (Å²) in [5.74, 6) is -0.182. The van der Waals surface area contributed by atoms with E-state index in [2.05, 4.69) is 20.6 Å². The van der Waals surface area contributed by atoms with E-state index in [0.29, 0.717) is 34.2 Å². The molecule has 3 rings (SSSR count). The first-order valence-corrected chi connectivity index (χ1v) is 6.74. The van der Waals surface area contributed by atoms with Gasteiger partial charge in [-0.3, -0.25) is 14.9 Å². The van der Waals surface area contributed by atoms with Gasteiger partial charge in [0.25, 0.3) is 11.8 Å². The number of amides is 2. The molecule has 6 nitrogen and oxygen atoms in total. The second-order valence-corrected chi connectivity index (χ2v) is 4.87. The van der Waals surface area contributed by atoms with Gasteiger partial charge >= 0.3 is 0 Å². The summed E-state index contributed by atoms with van der Waals surface area (Å²) in [6, 6.07) is 4.93. The number of hydrogen-bond donors (Lipinski definition) is 2. The number of aromatic nitrogens is 2. The highest BCUT2D eigenvalue weighted by Gasteiger charge is 2.26. The number of carbonyl (C=O) groups is 2. The lowest BCUT2D eigenvalue weighted by atomic mass is 10.1. The van der Waals surface area contributed by atoms with Crippen LogP contribution in [-0.2, 0) is 6.42 Å². The Morgan fingerprint density at radius 3 is 2.71 bits per heavy atom. The number of carbonyl (C=O) groups excluding carboxylic acids is 2. The first-order chi connectivity index (χ1) is 10.1. The number of anilines is 2. The topological polar surface area (TPSA) is 84.0 Å². The van der Waals surface area contributed by atoms with Gasteiger partial charge in [-0.05, 0) is 24.6 Å². The number of hydrogen-bond acceptors (Lipinski definition) is 5. The normalized spacial score (nSPS) is 13.0. The van der Waals surface area contributed by atoms with Crippen molar-refractivity contribution in [3.8, 4) is 0 Å². The largest absolute Gasteiger partial charge is 0.340 e. The van der Waals surface area contributed by atoms with Gasteiger partial charge in [0.2, 0.25) is 0 Å². The zero-order valence-electron chi connectivity index (χ0n) is 11.1. The molecule has 0 saturated heterocycles. The Balaban J connectivity index is 1.97. The molecule has 2 N–H and O–H groups in total. The summed E-state index contributed by atoms with van der Waals surface area (Å²) >= 11 is 6.03. The lowest BCUT2D eigenvalue weighted by molar-refractivity contribution is 0.0879. The Hall–Kier alpha value is -2.47. The monoisotopic (exact) mass is 302 g/mol. The van der Waals surface area contributed by atoms with Crippen LogP contribution in [0.15, 0.2) is 24.5 Å². The molecule has 0 fully saturated rings. The molecule has 1 aliphatic rings. The van der Waals surface area contributed by atoms with E-state index in [1.165, 1.54) is 6.33 Å². The Labute approximate surface area is 125 Å². The van der Waals surface area contributed by atoms with Crippen molar-refractivity contribution in [2.75, 3.05) is 5.32 Å². The maximum atomic E-state index is 11.7. The van der Waals surface area contributed by atoms with Crippen molar-refractivity contribution < 1.29 is 9.59 Å². The standard InChI is InChI=1S/C14H11ClN4O2/c1-2-8-11(15)16-6-17-12(8)18-7-3-4-9-10(5-7)14(21)19-13(9)20/h3-6H,2H2,1H3,(H,16,17,18)(H,19,20,21). The molecule has 0 aliphatic carbocycles. The average Bonchev–Trinajstić information content (AvgIpc) is 2.74. The Morgan fingerprint density at radius 2 is 1.95 bits per heavy atom. The molecule has 1 aliphatic heterocycles. The third-order valence-electron chi connectivity index (χ3n) is 3.24. The van der Waals surface area contributed by atoms with E-state index in [0.717, 1.165) is 5.56 Å². The van der Waals surface area contributed by atoms with Crippen LogP contribution in [0.2, 0.25) is 5.15 Å². The molecular formula is C14H11ClN4O2. The molecule has 0 radical (unpaired) electrons. The van der Waals surface area contributed by atoms with Gasteiger partial charge in [0.15, 0.2) is 0 Å². The first kappa shape index (κ1) is 13.5. The zero-order chi connectivity index (χ0) is 15.0. The van der Waals surface area contributed by atoms with Gasteiger partial charge in [0.1, 0.15) is 17.3 Å². The van der Waals surface area contributed by atoms with Gasteiger partial charge in [0.05, 0.1) is 11.1 Å². The number of rotatable bonds is 3. The quantitative estimate of drug-likeness (QED) is 0.671. The highest BCUT2D eigenvalue weighted by Crippen LogP contribution is 2.26. The van der Waals surface area contributed by atoms with Crippen molar-refractivity contribution in [1.29, 1.82) is 0 Å². The molecule has 21 heavy (non-hydrogen) atoms. The molecule has 2 amide bonds. The van der Waals surface area contributed by atoms with Crippen LogP contribution in [0.1, 0.15) is 33.2 Å². The lowest BCUT2D eigenvalue weighted by Gasteiger charge is -2.10. The molecule has 1 aromatic carbocycles. The first-order valence-electron chi connectivity index (χ1n) is 6.36. The molecule has 2 aromatic rings. The molecule has 0 saturated carbocycles. The summed E-state index contributed by atoms with van der Waals surface area (Å²) in [5.41, 5.74) is 2.17. The van der Waals surface area contributed by atoms with Crippen LogP contribution >= 0.6 is 11.6 Å². The van der Waals surface area contributed by atoms with Crippen molar-refractivity contribution in [2.24, 2.45) is 0 Å². The molecule has 2 heterocycles. The number of nitrogens with zero attached hydrogens (tertiary/aromatic N) is 2. The average molecular weight is 303 g/mol. The minimum atomic E-state index is -0.393.